The van der Waals surface area contributed by atoms with E-state index in [1.165, 1.54) is 5.56 Å². The highest BCUT2D eigenvalue weighted by molar-refractivity contribution is 7.89. The molecule has 0 unspecified atom stereocenters. The Bertz CT molecular complexity index is 777. The van der Waals surface area contributed by atoms with Gasteiger partial charge in [-0.1, -0.05) is 42.5 Å². The van der Waals surface area contributed by atoms with Gasteiger partial charge in [0.2, 0.25) is 10.0 Å². The first-order valence-electron chi connectivity index (χ1n) is 8.35. The van der Waals surface area contributed by atoms with Crippen LogP contribution in [0.5, 0.6) is 0 Å². The molecule has 0 aliphatic rings. The minimum atomic E-state index is -3.56. The zero-order valence-electron chi connectivity index (χ0n) is 14.8. The van der Waals surface area contributed by atoms with Gasteiger partial charge in [0.05, 0.1) is 11.5 Å². The topological polar surface area (TPSA) is 69.6 Å². The van der Waals surface area contributed by atoms with E-state index >= 15 is 0 Å². The molecule has 0 aromatic heterocycles. The van der Waals surface area contributed by atoms with Crippen molar-refractivity contribution < 1.29 is 13.5 Å². The van der Waals surface area contributed by atoms with Crippen LogP contribution < -0.4 is 4.72 Å². The Morgan fingerprint density at radius 3 is 2.48 bits per heavy atom. The van der Waals surface area contributed by atoms with Gasteiger partial charge in [0.1, 0.15) is 0 Å². The lowest BCUT2D eigenvalue weighted by Gasteiger charge is -2.17. The highest BCUT2D eigenvalue weighted by Crippen LogP contribution is 2.18. The number of hydrogen-bond donors (Lipinski definition) is 2. The van der Waals surface area contributed by atoms with E-state index in [2.05, 4.69) is 21.8 Å². The van der Waals surface area contributed by atoms with Crippen molar-refractivity contribution in [2.75, 3.05) is 20.1 Å². The van der Waals surface area contributed by atoms with Crippen LogP contribution in [0.25, 0.3) is 0 Å². The zero-order chi connectivity index (χ0) is 18.3. The van der Waals surface area contributed by atoms with Crippen molar-refractivity contribution in [3.8, 4) is 0 Å². The molecule has 0 spiro atoms. The number of nitrogens with zero attached hydrogens (tertiary/aromatic N) is 1. The van der Waals surface area contributed by atoms with Crippen molar-refractivity contribution in [2.24, 2.45) is 0 Å². The molecule has 136 valence electrons. The van der Waals surface area contributed by atoms with Gasteiger partial charge in [0, 0.05) is 13.1 Å². The van der Waals surface area contributed by atoms with Gasteiger partial charge in [-0.05, 0) is 49.7 Å². The number of aliphatic hydroxyl groups excluding tert-OH is 1. The normalized spacial score (nSPS) is 11.8. The molecule has 0 saturated heterocycles. The van der Waals surface area contributed by atoms with Crippen LogP contribution in [-0.4, -0.2) is 38.6 Å². The number of aliphatic hydroxyl groups is 1. The minimum absolute atomic E-state index is 0.167. The van der Waals surface area contributed by atoms with E-state index < -0.39 is 10.0 Å². The molecule has 0 bridgehead atoms. The van der Waals surface area contributed by atoms with Gasteiger partial charge in [0.15, 0.2) is 0 Å². The van der Waals surface area contributed by atoms with Crippen molar-refractivity contribution in [1.29, 1.82) is 0 Å². The maximum atomic E-state index is 12.5. The second-order valence-electron chi connectivity index (χ2n) is 6.17. The fourth-order valence-electron chi connectivity index (χ4n) is 2.73. The van der Waals surface area contributed by atoms with Gasteiger partial charge in [-0.3, -0.25) is 0 Å². The molecule has 0 saturated carbocycles. The fraction of sp³-hybridized carbons (Fsp3) is 0.368. The van der Waals surface area contributed by atoms with Gasteiger partial charge >= 0.3 is 0 Å². The Kier molecular flexibility index (Phi) is 7.13. The van der Waals surface area contributed by atoms with Gasteiger partial charge < -0.3 is 10.0 Å². The van der Waals surface area contributed by atoms with Crippen molar-refractivity contribution in [3.63, 3.8) is 0 Å². The average molecular weight is 362 g/mol. The molecule has 25 heavy (non-hydrogen) atoms. The first-order chi connectivity index (χ1) is 11.9. The molecule has 0 radical (unpaired) electrons. The van der Waals surface area contributed by atoms with E-state index in [4.69, 9.17) is 0 Å². The Labute approximate surface area is 150 Å². The van der Waals surface area contributed by atoms with Gasteiger partial charge in [-0.25, -0.2) is 13.1 Å². The molecule has 2 aromatic carbocycles. The summed E-state index contributed by atoms with van der Waals surface area (Å²) in [4.78, 5) is 2.40. The Hall–Kier alpha value is -1.73. The number of rotatable bonds is 9. The van der Waals surface area contributed by atoms with E-state index in [1.807, 2.05) is 25.2 Å². The number of benzene rings is 2. The summed E-state index contributed by atoms with van der Waals surface area (Å²) >= 11 is 0. The van der Waals surface area contributed by atoms with Crippen LogP contribution in [0.2, 0.25) is 0 Å². The molecule has 0 atom stereocenters. The van der Waals surface area contributed by atoms with E-state index in [-0.39, 0.29) is 11.5 Å². The van der Waals surface area contributed by atoms with Crippen LogP contribution >= 0.6 is 0 Å². The van der Waals surface area contributed by atoms with Gasteiger partial charge in [-0.2, -0.15) is 0 Å². The first-order valence-corrected chi connectivity index (χ1v) is 9.84. The summed E-state index contributed by atoms with van der Waals surface area (Å²) in [7, 11) is -1.54. The quantitative estimate of drug-likeness (QED) is 0.672. The molecule has 0 fully saturated rings. The fourth-order valence-corrected chi connectivity index (χ4v) is 4.09. The third kappa shape index (κ3) is 5.64. The lowest BCUT2D eigenvalue weighted by atomic mass is 10.1. The average Bonchev–Trinajstić information content (AvgIpc) is 2.59. The first kappa shape index (κ1) is 19.6. The predicted molar refractivity (Wildman–Crippen MR) is 99.7 cm³/mol. The van der Waals surface area contributed by atoms with Gasteiger partial charge in [0.25, 0.3) is 0 Å². The van der Waals surface area contributed by atoms with E-state index in [0.717, 1.165) is 19.5 Å². The molecular weight excluding hydrogens is 336 g/mol. The van der Waals surface area contributed by atoms with Crippen LogP contribution in [-0.2, 0) is 23.2 Å². The van der Waals surface area contributed by atoms with Crippen molar-refractivity contribution in [3.05, 3.63) is 65.2 Å². The molecule has 0 heterocycles. The summed E-state index contributed by atoms with van der Waals surface area (Å²) < 4.78 is 27.6. The number of sulfonamides is 1. The standard InChI is InChI=1S/C19H26N2O3S/c1-16-18(15-22)10-6-11-19(16)25(23,24)20-12-7-13-21(2)14-17-8-4-3-5-9-17/h3-6,8-11,20,22H,7,12-15H2,1-2H3. The molecule has 5 nitrogen and oxygen atoms in total. The van der Waals surface area contributed by atoms with Crippen molar-refractivity contribution >= 4 is 10.0 Å². The molecular formula is C19H26N2O3S. The lowest BCUT2D eigenvalue weighted by molar-refractivity contribution is 0.280. The highest BCUT2D eigenvalue weighted by Gasteiger charge is 2.17. The predicted octanol–water partition coefficient (Wildman–Crippen LogP) is 2.29. The van der Waals surface area contributed by atoms with Crippen LogP contribution in [0, 0.1) is 6.92 Å². The number of nitrogens with one attached hydrogen (secondary N) is 1. The van der Waals surface area contributed by atoms with Crippen molar-refractivity contribution in [2.45, 2.75) is 31.4 Å². The summed E-state index contributed by atoms with van der Waals surface area (Å²) in [5.74, 6) is 0. The summed E-state index contributed by atoms with van der Waals surface area (Å²) in [5, 5.41) is 9.28. The van der Waals surface area contributed by atoms with E-state index in [9.17, 15) is 13.5 Å². The summed E-state index contributed by atoms with van der Waals surface area (Å²) in [5.41, 5.74) is 2.46. The SMILES string of the molecule is Cc1c(CO)cccc1S(=O)(=O)NCCCN(C)Cc1ccccc1. The maximum absolute atomic E-state index is 12.5. The van der Waals surface area contributed by atoms with E-state index in [1.54, 1.807) is 25.1 Å². The van der Waals surface area contributed by atoms with Crippen molar-refractivity contribution in [1.82, 2.24) is 9.62 Å². The minimum Gasteiger partial charge on any atom is -0.392 e. The van der Waals surface area contributed by atoms with Crippen LogP contribution in [0.4, 0.5) is 0 Å². The lowest BCUT2D eigenvalue weighted by Crippen LogP contribution is -2.28. The smallest absolute Gasteiger partial charge is 0.240 e. The Morgan fingerprint density at radius 2 is 1.80 bits per heavy atom. The molecule has 0 aliphatic heterocycles. The molecule has 6 heteroatoms. The van der Waals surface area contributed by atoms with Crippen LogP contribution in [0.1, 0.15) is 23.1 Å². The highest BCUT2D eigenvalue weighted by atomic mass is 32.2. The second-order valence-corrected chi connectivity index (χ2v) is 7.91. The third-order valence-corrected chi connectivity index (χ3v) is 5.77. The second kappa shape index (κ2) is 9.10. The summed E-state index contributed by atoms with van der Waals surface area (Å²) in [6, 6.07) is 15.1. The molecule has 2 rings (SSSR count). The van der Waals surface area contributed by atoms with Crippen LogP contribution in [0.3, 0.4) is 0 Å². The van der Waals surface area contributed by atoms with Gasteiger partial charge in [-0.15, -0.1) is 0 Å². The Balaban J connectivity index is 1.84. The van der Waals surface area contributed by atoms with Crippen LogP contribution in [0.15, 0.2) is 53.4 Å². The third-order valence-electron chi connectivity index (χ3n) is 4.16. The molecule has 0 aliphatic carbocycles. The zero-order valence-corrected chi connectivity index (χ0v) is 15.6. The largest absolute Gasteiger partial charge is 0.392 e. The Morgan fingerprint density at radius 1 is 1.08 bits per heavy atom. The molecule has 0 amide bonds. The monoisotopic (exact) mass is 362 g/mol. The summed E-state index contributed by atoms with van der Waals surface area (Å²) in [6.45, 7) is 3.57. The number of hydrogen-bond acceptors (Lipinski definition) is 4. The maximum Gasteiger partial charge on any atom is 0.240 e. The van der Waals surface area contributed by atoms with E-state index in [0.29, 0.717) is 17.7 Å². The molecule has 2 aromatic rings. The molecule has 2 N–H and O–H groups in total. The summed E-state index contributed by atoms with van der Waals surface area (Å²) in [6.07, 6.45) is 0.724.